The number of hydrogen-bond acceptors (Lipinski definition) is 4. The van der Waals surface area contributed by atoms with E-state index in [9.17, 15) is 9.59 Å². The first-order valence-electron chi connectivity index (χ1n) is 5.17. The molecular weight excluding hydrogens is 232 g/mol. The molecule has 0 aliphatic carbocycles. The molecule has 1 aliphatic rings. The van der Waals surface area contributed by atoms with Crippen LogP contribution in [0.5, 0.6) is 0 Å². The maximum atomic E-state index is 11.3. The van der Waals surface area contributed by atoms with Crippen molar-refractivity contribution < 1.29 is 9.59 Å². The highest BCUT2D eigenvalue weighted by Crippen LogP contribution is 2.05. The Hall–Kier alpha value is -0.850. The summed E-state index contributed by atoms with van der Waals surface area (Å²) >= 11 is 0. The van der Waals surface area contributed by atoms with Crippen LogP contribution in [0, 0.1) is 0 Å². The Labute approximate surface area is 101 Å². The second-order valence-electron chi connectivity index (χ2n) is 3.69. The van der Waals surface area contributed by atoms with E-state index in [4.69, 9.17) is 5.73 Å². The maximum Gasteiger partial charge on any atom is 0.321 e. The minimum atomic E-state index is -0.439. The fraction of sp³-hybridized carbons (Fsp3) is 0.778. The Morgan fingerprint density at radius 2 is 2.19 bits per heavy atom. The summed E-state index contributed by atoms with van der Waals surface area (Å²) in [4.78, 5) is 24.3. The first-order chi connectivity index (χ1) is 7.11. The van der Waals surface area contributed by atoms with Crippen LogP contribution in [-0.2, 0) is 4.79 Å². The van der Waals surface area contributed by atoms with Crippen molar-refractivity contribution in [3.8, 4) is 0 Å². The van der Waals surface area contributed by atoms with Gasteiger partial charge in [-0.3, -0.25) is 15.0 Å². The van der Waals surface area contributed by atoms with E-state index in [2.05, 4.69) is 10.6 Å². The Morgan fingerprint density at radius 3 is 2.69 bits per heavy atom. The number of likely N-dealkylation sites (tertiary alicyclic amines) is 1. The molecule has 1 heterocycles. The van der Waals surface area contributed by atoms with Gasteiger partial charge in [0.25, 0.3) is 0 Å². The molecule has 94 valence electrons. The highest BCUT2D eigenvalue weighted by Gasteiger charge is 2.21. The number of imide groups is 1. The van der Waals surface area contributed by atoms with Gasteiger partial charge in [0, 0.05) is 25.7 Å². The number of nitrogens with zero attached hydrogens (tertiary/aromatic N) is 1. The molecule has 0 saturated carbocycles. The first kappa shape index (κ1) is 15.2. The van der Waals surface area contributed by atoms with Crippen LogP contribution in [0.2, 0.25) is 0 Å². The highest BCUT2D eigenvalue weighted by molar-refractivity contribution is 5.95. The molecule has 0 unspecified atom stereocenters. The number of urea groups is 1. The molecule has 1 saturated heterocycles. The average Bonchev–Trinajstić information content (AvgIpc) is 2.51. The van der Waals surface area contributed by atoms with Gasteiger partial charge in [-0.05, 0) is 13.3 Å². The molecule has 1 aliphatic heterocycles. The molecule has 1 rings (SSSR count). The topological polar surface area (TPSA) is 87.5 Å². The van der Waals surface area contributed by atoms with E-state index >= 15 is 0 Å². The molecule has 0 aromatic heterocycles. The lowest BCUT2D eigenvalue weighted by atomic mass is 10.3. The van der Waals surface area contributed by atoms with E-state index in [-0.39, 0.29) is 30.9 Å². The third-order valence-electron chi connectivity index (χ3n) is 2.27. The zero-order valence-electron chi connectivity index (χ0n) is 9.36. The van der Waals surface area contributed by atoms with Crippen LogP contribution in [0.25, 0.3) is 0 Å². The Kier molecular flexibility index (Phi) is 7.03. The van der Waals surface area contributed by atoms with E-state index in [0.717, 1.165) is 19.5 Å². The van der Waals surface area contributed by atoms with Crippen molar-refractivity contribution in [3.05, 3.63) is 0 Å². The summed E-state index contributed by atoms with van der Waals surface area (Å²) < 4.78 is 0. The van der Waals surface area contributed by atoms with Gasteiger partial charge >= 0.3 is 6.03 Å². The third kappa shape index (κ3) is 5.29. The fourth-order valence-electron chi connectivity index (χ4n) is 1.58. The lowest BCUT2D eigenvalue weighted by molar-refractivity contribution is -0.120. The molecule has 4 N–H and O–H groups in total. The fourth-order valence-corrected chi connectivity index (χ4v) is 1.58. The molecule has 1 atom stereocenters. The van der Waals surface area contributed by atoms with Crippen LogP contribution >= 0.6 is 12.4 Å². The normalized spacial score (nSPS) is 20.0. The van der Waals surface area contributed by atoms with Crippen molar-refractivity contribution in [2.45, 2.75) is 19.4 Å². The standard InChI is InChI=1S/C9H18N4O2.ClH/c1-2-11-9(15)12-8(14)6-13-4-3-7(10)5-13;/h7H,2-6,10H2,1H3,(H2,11,12,14,15);1H/t7-;/m1./s1. The summed E-state index contributed by atoms with van der Waals surface area (Å²) in [6, 6.07) is -0.284. The van der Waals surface area contributed by atoms with Crippen molar-refractivity contribution in [1.29, 1.82) is 0 Å². The lowest BCUT2D eigenvalue weighted by Gasteiger charge is -2.14. The molecule has 0 aromatic rings. The summed E-state index contributed by atoms with van der Waals surface area (Å²) in [6.45, 7) is 4.09. The maximum absolute atomic E-state index is 11.3. The average molecular weight is 251 g/mol. The van der Waals surface area contributed by atoms with Gasteiger partial charge in [0.05, 0.1) is 6.54 Å². The van der Waals surface area contributed by atoms with Gasteiger partial charge in [-0.2, -0.15) is 0 Å². The van der Waals surface area contributed by atoms with E-state index in [1.54, 1.807) is 6.92 Å². The second-order valence-corrected chi connectivity index (χ2v) is 3.69. The Morgan fingerprint density at radius 1 is 1.50 bits per heavy atom. The molecule has 0 spiro atoms. The van der Waals surface area contributed by atoms with Crippen molar-refractivity contribution in [1.82, 2.24) is 15.5 Å². The second kappa shape index (κ2) is 7.43. The van der Waals surface area contributed by atoms with E-state index in [0.29, 0.717) is 6.54 Å². The number of hydrogen-bond donors (Lipinski definition) is 3. The predicted molar refractivity (Wildman–Crippen MR) is 63.5 cm³/mol. The highest BCUT2D eigenvalue weighted by atomic mass is 35.5. The quantitative estimate of drug-likeness (QED) is 0.617. The molecule has 0 aromatic carbocycles. The minimum Gasteiger partial charge on any atom is -0.338 e. The van der Waals surface area contributed by atoms with Crippen molar-refractivity contribution >= 4 is 24.3 Å². The zero-order valence-corrected chi connectivity index (χ0v) is 10.2. The molecule has 0 radical (unpaired) electrons. The number of rotatable bonds is 3. The number of carbonyl (C=O) groups is 2. The monoisotopic (exact) mass is 250 g/mol. The van der Waals surface area contributed by atoms with Crippen LogP contribution < -0.4 is 16.4 Å². The van der Waals surface area contributed by atoms with E-state index in [1.165, 1.54) is 0 Å². The summed E-state index contributed by atoms with van der Waals surface area (Å²) in [5, 5.41) is 4.75. The smallest absolute Gasteiger partial charge is 0.321 e. The number of amides is 3. The first-order valence-corrected chi connectivity index (χ1v) is 5.17. The molecular formula is C9H19ClN4O2. The Bertz CT molecular complexity index is 250. The molecule has 6 nitrogen and oxygen atoms in total. The van der Waals surface area contributed by atoms with Gasteiger partial charge < -0.3 is 11.1 Å². The molecule has 0 bridgehead atoms. The molecule has 16 heavy (non-hydrogen) atoms. The largest absolute Gasteiger partial charge is 0.338 e. The third-order valence-corrected chi connectivity index (χ3v) is 2.27. The van der Waals surface area contributed by atoms with E-state index in [1.807, 2.05) is 4.90 Å². The number of halogens is 1. The SMILES string of the molecule is CCNC(=O)NC(=O)CN1CC[C@@H](N)C1.Cl. The predicted octanol–water partition coefficient (Wildman–Crippen LogP) is -0.713. The summed E-state index contributed by atoms with van der Waals surface area (Å²) in [6.07, 6.45) is 0.911. The van der Waals surface area contributed by atoms with Crippen molar-refractivity contribution in [2.24, 2.45) is 5.73 Å². The van der Waals surface area contributed by atoms with Gasteiger partial charge in [0.2, 0.25) is 5.91 Å². The summed E-state index contributed by atoms with van der Waals surface area (Å²) in [5.41, 5.74) is 5.70. The van der Waals surface area contributed by atoms with Gasteiger partial charge in [-0.25, -0.2) is 4.79 Å². The van der Waals surface area contributed by atoms with Crippen molar-refractivity contribution in [3.63, 3.8) is 0 Å². The number of carbonyl (C=O) groups excluding carboxylic acids is 2. The van der Waals surface area contributed by atoms with Crippen LogP contribution in [0.4, 0.5) is 4.79 Å². The molecule has 3 amide bonds. The van der Waals surface area contributed by atoms with Crippen LogP contribution in [-0.4, -0.2) is 49.1 Å². The van der Waals surface area contributed by atoms with Gasteiger partial charge in [-0.1, -0.05) is 0 Å². The van der Waals surface area contributed by atoms with Crippen molar-refractivity contribution in [2.75, 3.05) is 26.2 Å². The molecule has 7 heteroatoms. The van der Waals surface area contributed by atoms with Gasteiger partial charge in [-0.15, -0.1) is 12.4 Å². The van der Waals surface area contributed by atoms with Gasteiger partial charge in [0.1, 0.15) is 0 Å². The number of nitrogens with two attached hydrogens (primary N) is 1. The Balaban J connectivity index is 0.00000225. The summed E-state index contributed by atoms with van der Waals surface area (Å²) in [5.74, 6) is -0.282. The van der Waals surface area contributed by atoms with E-state index < -0.39 is 6.03 Å². The van der Waals surface area contributed by atoms with Gasteiger partial charge in [0.15, 0.2) is 0 Å². The summed E-state index contributed by atoms with van der Waals surface area (Å²) in [7, 11) is 0. The lowest BCUT2D eigenvalue weighted by Crippen LogP contribution is -2.44. The van der Waals surface area contributed by atoms with Crippen LogP contribution in [0.15, 0.2) is 0 Å². The zero-order chi connectivity index (χ0) is 11.3. The molecule has 1 fully saturated rings. The number of nitrogens with one attached hydrogen (secondary N) is 2. The minimum absolute atomic E-state index is 0. The van der Waals surface area contributed by atoms with Crippen LogP contribution in [0.3, 0.4) is 0 Å². The van der Waals surface area contributed by atoms with Crippen LogP contribution in [0.1, 0.15) is 13.3 Å².